The average Bonchev–Trinajstić information content (AvgIpc) is 3.22. The molecule has 1 N–H and O–H groups in total. The summed E-state index contributed by atoms with van der Waals surface area (Å²) in [4.78, 5) is 6.12. The summed E-state index contributed by atoms with van der Waals surface area (Å²) in [6.45, 7) is 2.37. The maximum absolute atomic E-state index is 13.3. The van der Waals surface area contributed by atoms with Crippen molar-refractivity contribution >= 4 is 16.6 Å². The summed E-state index contributed by atoms with van der Waals surface area (Å²) in [5, 5.41) is 3.92. The lowest BCUT2D eigenvalue weighted by molar-refractivity contribution is -0.140. The number of likely N-dealkylation sites (tertiary alicyclic amines) is 1. The number of pyridine rings is 1. The Morgan fingerprint density at radius 3 is 2.57 bits per heavy atom. The van der Waals surface area contributed by atoms with Gasteiger partial charge in [-0.25, -0.2) is 4.98 Å². The molecule has 3 aromatic rings. The Bertz CT molecular complexity index is 918. The van der Waals surface area contributed by atoms with E-state index in [1.165, 1.54) is 6.42 Å². The zero-order valence-electron chi connectivity index (χ0n) is 15.4. The van der Waals surface area contributed by atoms with E-state index in [1.54, 1.807) is 30.5 Å². The lowest BCUT2D eigenvalue weighted by Crippen LogP contribution is -2.37. The number of alkyl halides is 3. The number of nitrogens with one attached hydrogen (secondary N) is 1. The van der Waals surface area contributed by atoms with Crippen molar-refractivity contribution in [2.45, 2.75) is 31.5 Å². The fraction of sp³-hybridized carbons (Fsp3) is 0.381. The van der Waals surface area contributed by atoms with E-state index in [0.29, 0.717) is 23.1 Å². The molecule has 1 atom stereocenters. The van der Waals surface area contributed by atoms with Crippen LogP contribution in [0.5, 0.6) is 0 Å². The average molecular weight is 389 g/mol. The van der Waals surface area contributed by atoms with E-state index < -0.39 is 11.9 Å². The normalized spacial score (nSPS) is 17.0. The molecule has 0 aliphatic carbocycles. The molecule has 1 aromatic carbocycles. The van der Waals surface area contributed by atoms with Crippen LogP contribution in [-0.2, 0) is 6.18 Å². The predicted molar refractivity (Wildman–Crippen MR) is 102 cm³/mol. The molecular weight excluding hydrogens is 367 g/mol. The van der Waals surface area contributed by atoms with Crippen LogP contribution < -0.4 is 5.32 Å². The summed E-state index contributed by atoms with van der Waals surface area (Å²) in [5.41, 5.74) is -0.125. The van der Waals surface area contributed by atoms with Crippen molar-refractivity contribution in [1.29, 1.82) is 0 Å². The van der Waals surface area contributed by atoms with E-state index in [9.17, 15) is 13.2 Å². The lowest BCUT2D eigenvalue weighted by Gasteiger charge is -2.33. The van der Waals surface area contributed by atoms with Crippen LogP contribution in [0, 0.1) is 0 Å². The molecule has 148 valence electrons. The number of hydrogen-bond acceptors (Lipinski definition) is 4. The molecule has 1 aliphatic heterocycles. The van der Waals surface area contributed by atoms with Crippen LogP contribution in [0.25, 0.3) is 10.9 Å². The highest BCUT2D eigenvalue weighted by molar-refractivity contribution is 5.91. The number of halogens is 3. The number of piperidine rings is 1. The quantitative estimate of drug-likeness (QED) is 0.627. The van der Waals surface area contributed by atoms with Crippen molar-refractivity contribution < 1.29 is 17.6 Å². The number of benzene rings is 1. The Morgan fingerprint density at radius 1 is 1.07 bits per heavy atom. The molecule has 0 radical (unpaired) electrons. The van der Waals surface area contributed by atoms with E-state index >= 15 is 0 Å². The first kappa shape index (κ1) is 18.8. The molecule has 0 saturated carbocycles. The second-order valence-corrected chi connectivity index (χ2v) is 7.08. The van der Waals surface area contributed by atoms with E-state index in [2.05, 4.69) is 15.2 Å². The van der Waals surface area contributed by atoms with Gasteiger partial charge in [0.1, 0.15) is 11.5 Å². The van der Waals surface area contributed by atoms with Crippen molar-refractivity contribution in [3.8, 4) is 0 Å². The van der Waals surface area contributed by atoms with Crippen LogP contribution in [0.1, 0.15) is 36.8 Å². The van der Waals surface area contributed by atoms with Crippen molar-refractivity contribution in [3.05, 3.63) is 60.2 Å². The number of anilines is 1. The molecule has 0 bridgehead atoms. The smallest absolute Gasteiger partial charge is 0.433 e. The van der Waals surface area contributed by atoms with Gasteiger partial charge in [0.05, 0.1) is 17.8 Å². The molecule has 3 heterocycles. The second-order valence-electron chi connectivity index (χ2n) is 7.08. The van der Waals surface area contributed by atoms with Gasteiger partial charge in [-0.05, 0) is 50.2 Å². The summed E-state index contributed by atoms with van der Waals surface area (Å²) in [6, 6.07) is 11.7. The maximum Gasteiger partial charge on any atom is 0.433 e. The molecule has 0 amide bonds. The standard InChI is InChI=1S/C21H22F3N3O/c22-21(23,24)20-13-17(15-7-2-3-8-16(15)26-20)25-14-18(19-9-6-12-28-19)27-10-4-1-5-11-27/h2-3,6-9,12-13,18H,1,4-5,10-11,14H2,(H,25,26)/t18-/m0/s1. The molecule has 2 aromatic heterocycles. The van der Waals surface area contributed by atoms with Gasteiger partial charge in [0.25, 0.3) is 0 Å². The Balaban J connectivity index is 1.64. The number of rotatable bonds is 5. The lowest BCUT2D eigenvalue weighted by atomic mass is 10.1. The number of nitrogens with zero attached hydrogens (tertiary/aromatic N) is 2. The zero-order valence-corrected chi connectivity index (χ0v) is 15.4. The van der Waals surface area contributed by atoms with E-state index in [1.807, 2.05) is 12.1 Å². The maximum atomic E-state index is 13.3. The molecule has 0 unspecified atom stereocenters. The minimum absolute atomic E-state index is 0.0310. The van der Waals surface area contributed by atoms with E-state index in [0.717, 1.165) is 37.8 Å². The van der Waals surface area contributed by atoms with Gasteiger partial charge in [0.15, 0.2) is 0 Å². The largest absolute Gasteiger partial charge is 0.468 e. The Kier molecular flexibility index (Phi) is 5.26. The highest BCUT2D eigenvalue weighted by atomic mass is 19.4. The van der Waals surface area contributed by atoms with Crippen LogP contribution in [0.3, 0.4) is 0 Å². The molecule has 4 rings (SSSR count). The SMILES string of the molecule is FC(F)(F)c1cc(NC[C@@H](c2ccco2)N2CCCCC2)c2ccccc2n1. The summed E-state index contributed by atoms with van der Waals surface area (Å²) in [7, 11) is 0. The van der Waals surface area contributed by atoms with Crippen molar-refractivity contribution in [1.82, 2.24) is 9.88 Å². The molecule has 1 aliphatic rings. The van der Waals surface area contributed by atoms with Crippen LogP contribution in [0.15, 0.2) is 53.1 Å². The molecule has 0 spiro atoms. The molecule has 28 heavy (non-hydrogen) atoms. The third kappa shape index (κ3) is 3.99. The Morgan fingerprint density at radius 2 is 1.86 bits per heavy atom. The first-order valence-corrected chi connectivity index (χ1v) is 9.51. The van der Waals surface area contributed by atoms with Gasteiger partial charge in [-0.1, -0.05) is 24.6 Å². The minimum Gasteiger partial charge on any atom is -0.468 e. The zero-order chi connectivity index (χ0) is 19.6. The highest BCUT2D eigenvalue weighted by Crippen LogP contribution is 2.34. The summed E-state index contributed by atoms with van der Waals surface area (Å²) < 4.78 is 45.5. The van der Waals surface area contributed by atoms with E-state index in [-0.39, 0.29) is 6.04 Å². The van der Waals surface area contributed by atoms with E-state index in [4.69, 9.17) is 4.42 Å². The Labute approximate surface area is 161 Å². The molecular formula is C21H22F3N3O. The molecule has 1 saturated heterocycles. The van der Waals surface area contributed by atoms with Crippen LogP contribution in [0.4, 0.5) is 18.9 Å². The first-order valence-electron chi connectivity index (χ1n) is 9.51. The summed E-state index contributed by atoms with van der Waals surface area (Å²) >= 11 is 0. The molecule has 7 heteroatoms. The van der Waals surface area contributed by atoms with Gasteiger partial charge in [-0.15, -0.1) is 0 Å². The Hall–Kier alpha value is -2.54. The minimum atomic E-state index is -4.49. The van der Waals surface area contributed by atoms with Crippen molar-refractivity contribution in [2.75, 3.05) is 25.0 Å². The van der Waals surface area contributed by atoms with Gasteiger partial charge in [-0.2, -0.15) is 13.2 Å². The third-order valence-electron chi connectivity index (χ3n) is 5.20. The first-order chi connectivity index (χ1) is 13.5. The van der Waals surface area contributed by atoms with Crippen molar-refractivity contribution in [2.24, 2.45) is 0 Å². The number of para-hydroxylation sites is 1. The second kappa shape index (κ2) is 7.83. The van der Waals surface area contributed by atoms with Gasteiger partial charge in [0, 0.05) is 17.6 Å². The molecule has 1 fully saturated rings. The van der Waals surface area contributed by atoms with Gasteiger partial charge in [0.2, 0.25) is 0 Å². The number of aromatic nitrogens is 1. The monoisotopic (exact) mass is 389 g/mol. The van der Waals surface area contributed by atoms with Gasteiger partial charge < -0.3 is 9.73 Å². The van der Waals surface area contributed by atoms with Crippen molar-refractivity contribution in [3.63, 3.8) is 0 Å². The summed E-state index contributed by atoms with van der Waals surface area (Å²) in [5.74, 6) is 0.823. The summed E-state index contributed by atoms with van der Waals surface area (Å²) in [6.07, 6.45) is 0.587. The van der Waals surface area contributed by atoms with Crippen LogP contribution >= 0.6 is 0 Å². The van der Waals surface area contributed by atoms with Gasteiger partial charge >= 0.3 is 6.18 Å². The molecule has 4 nitrogen and oxygen atoms in total. The third-order valence-corrected chi connectivity index (χ3v) is 5.20. The number of furan rings is 1. The highest BCUT2D eigenvalue weighted by Gasteiger charge is 2.33. The number of fused-ring (bicyclic) bond motifs is 1. The fourth-order valence-corrected chi connectivity index (χ4v) is 3.79. The fourth-order valence-electron chi connectivity index (χ4n) is 3.79. The number of hydrogen-bond donors (Lipinski definition) is 1. The predicted octanol–water partition coefficient (Wildman–Crippen LogP) is 5.49. The van der Waals surface area contributed by atoms with Crippen LogP contribution in [-0.4, -0.2) is 29.5 Å². The van der Waals surface area contributed by atoms with Crippen LogP contribution in [0.2, 0.25) is 0 Å². The van der Waals surface area contributed by atoms with Gasteiger partial charge in [-0.3, -0.25) is 4.90 Å². The topological polar surface area (TPSA) is 41.3 Å².